The molecule has 0 aliphatic carbocycles. The summed E-state index contributed by atoms with van der Waals surface area (Å²) in [5.74, 6) is 0.597. The van der Waals surface area contributed by atoms with Crippen molar-refractivity contribution in [2.24, 2.45) is 0 Å². The van der Waals surface area contributed by atoms with Crippen LogP contribution in [0.3, 0.4) is 0 Å². The molecule has 0 radical (unpaired) electrons. The van der Waals surface area contributed by atoms with Gasteiger partial charge in [0.1, 0.15) is 5.84 Å². The highest BCUT2D eigenvalue weighted by Crippen LogP contribution is 2.35. The molecule has 1 heterocycles. The Morgan fingerprint density at radius 1 is 1.20 bits per heavy atom. The van der Waals surface area contributed by atoms with Crippen LogP contribution in [-0.2, 0) is 0 Å². The van der Waals surface area contributed by atoms with Gasteiger partial charge in [-0.3, -0.25) is 5.41 Å². The zero-order valence-corrected chi connectivity index (χ0v) is 10.3. The highest BCUT2D eigenvalue weighted by atomic mass is 35.5. The van der Waals surface area contributed by atoms with Crippen LogP contribution in [0.15, 0.2) is 18.2 Å². The summed E-state index contributed by atoms with van der Waals surface area (Å²) in [4.78, 5) is 1.88. The van der Waals surface area contributed by atoms with E-state index in [-0.39, 0.29) is 12.4 Å². The number of amidine groups is 1. The normalized spacial score (nSPS) is 15.3. The average Bonchev–Trinajstić information content (AvgIpc) is 2.52. The number of hydrogen-bond acceptors (Lipinski definition) is 1. The third-order valence-electron chi connectivity index (χ3n) is 2.33. The second-order valence-electron chi connectivity index (χ2n) is 3.27. The molecule has 0 unspecified atom stereocenters. The summed E-state index contributed by atoms with van der Waals surface area (Å²) in [5, 5.41) is 8.98. The standard InChI is InChI=1S/C10H10Cl2N2.ClH/c11-7-3-1-4-8(12)10(7)14-6-2-5-9(14)13;/h1,3-4,13H,2,5-6H2;1H. The molecule has 2 nitrogen and oxygen atoms in total. The molecule has 1 aromatic carbocycles. The number of nitrogens with one attached hydrogen (secondary N) is 1. The topological polar surface area (TPSA) is 27.1 Å². The molecular weight excluding hydrogens is 254 g/mol. The molecule has 5 heteroatoms. The van der Waals surface area contributed by atoms with Crippen molar-refractivity contribution in [2.45, 2.75) is 12.8 Å². The Bertz CT molecular complexity index is 359. The van der Waals surface area contributed by atoms with Crippen molar-refractivity contribution in [3.63, 3.8) is 0 Å². The molecular formula is C10H11Cl3N2. The van der Waals surface area contributed by atoms with Gasteiger partial charge in [-0.1, -0.05) is 29.3 Å². The average molecular weight is 266 g/mol. The molecule has 82 valence electrons. The Hall–Kier alpha value is -0.440. The number of anilines is 1. The Kier molecular flexibility index (Phi) is 4.26. The van der Waals surface area contributed by atoms with Gasteiger partial charge in [0.05, 0.1) is 15.7 Å². The number of nitrogens with zero attached hydrogens (tertiary/aromatic N) is 1. The molecule has 15 heavy (non-hydrogen) atoms. The lowest BCUT2D eigenvalue weighted by Gasteiger charge is -2.20. The fraction of sp³-hybridized carbons (Fsp3) is 0.300. The van der Waals surface area contributed by atoms with Crippen molar-refractivity contribution >= 4 is 47.1 Å². The number of para-hydroxylation sites is 1. The van der Waals surface area contributed by atoms with E-state index in [9.17, 15) is 0 Å². The predicted molar refractivity (Wildman–Crippen MR) is 68.0 cm³/mol. The molecule has 0 spiro atoms. The van der Waals surface area contributed by atoms with Crippen molar-refractivity contribution in [1.29, 1.82) is 5.41 Å². The maximum atomic E-state index is 7.75. The molecule has 1 aliphatic rings. The van der Waals surface area contributed by atoms with Crippen LogP contribution in [0.1, 0.15) is 12.8 Å². The van der Waals surface area contributed by atoms with Crippen LogP contribution < -0.4 is 4.90 Å². The molecule has 0 amide bonds. The Morgan fingerprint density at radius 2 is 1.80 bits per heavy atom. The molecule has 0 bridgehead atoms. The first-order valence-electron chi connectivity index (χ1n) is 4.49. The van der Waals surface area contributed by atoms with Gasteiger partial charge in [-0.05, 0) is 18.6 Å². The van der Waals surface area contributed by atoms with Gasteiger partial charge in [0.2, 0.25) is 0 Å². The maximum absolute atomic E-state index is 7.75. The fourth-order valence-electron chi connectivity index (χ4n) is 1.67. The number of rotatable bonds is 1. The zero-order chi connectivity index (χ0) is 10.1. The number of hydrogen-bond donors (Lipinski definition) is 1. The van der Waals surface area contributed by atoms with Crippen LogP contribution in [0.2, 0.25) is 10.0 Å². The van der Waals surface area contributed by atoms with Gasteiger partial charge in [0.15, 0.2) is 0 Å². The quantitative estimate of drug-likeness (QED) is 0.816. The minimum Gasteiger partial charge on any atom is -0.328 e. The fourth-order valence-corrected chi connectivity index (χ4v) is 2.27. The molecule has 1 N–H and O–H groups in total. The molecule has 1 aliphatic heterocycles. The first-order valence-corrected chi connectivity index (χ1v) is 5.24. The summed E-state index contributed by atoms with van der Waals surface area (Å²) in [6, 6.07) is 5.41. The lowest BCUT2D eigenvalue weighted by Crippen LogP contribution is -2.23. The van der Waals surface area contributed by atoms with Crippen LogP contribution in [0.5, 0.6) is 0 Å². The van der Waals surface area contributed by atoms with Crippen LogP contribution in [0, 0.1) is 5.41 Å². The van der Waals surface area contributed by atoms with Crippen molar-refractivity contribution in [3.8, 4) is 0 Å². The smallest absolute Gasteiger partial charge is 0.100 e. The first kappa shape index (κ1) is 12.6. The van der Waals surface area contributed by atoms with Gasteiger partial charge < -0.3 is 4.90 Å². The molecule has 1 aromatic rings. The lowest BCUT2D eigenvalue weighted by atomic mass is 10.3. The second-order valence-corrected chi connectivity index (χ2v) is 4.09. The van der Waals surface area contributed by atoms with Gasteiger partial charge in [-0.2, -0.15) is 0 Å². The van der Waals surface area contributed by atoms with Gasteiger partial charge in [-0.25, -0.2) is 0 Å². The minimum atomic E-state index is 0. The van der Waals surface area contributed by atoms with Crippen molar-refractivity contribution in [3.05, 3.63) is 28.2 Å². The molecule has 0 aromatic heterocycles. The lowest BCUT2D eigenvalue weighted by molar-refractivity contribution is 0.957. The summed E-state index contributed by atoms with van der Waals surface area (Å²) >= 11 is 12.1. The molecule has 1 fully saturated rings. The van der Waals surface area contributed by atoms with Crippen molar-refractivity contribution in [2.75, 3.05) is 11.4 Å². The Morgan fingerprint density at radius 3 is 2.27 bits per heavy atom. The SMILES string of the molecule is Cl.N=C1CCCN1c1c(Cl)cccc1Cl. The van der Waals surface area contributed by atoms with Crippen LogP contribution in [0.4, 0.5) is 5.69 Å². The second kappa shape index (κ2) is 5.06. The van der Waals surface area contributed by atoms with E-state index >= 15 is 0 Å². The summed E-state index contributed by atoms with van der Waals surface area (Å²) in [6.07, 6.45) is 1.81. The third kappa shape index (κ3) is 2.39. The van der Waals surface area contributed by atoms with E-state index in [1.165, 1.54) is 0 Å². The highest BCUT2D eigenvalue weighted by molar-refractivity contribution is 6.40. The van der Waals surface area contributed by atoms with E-state index in [0.29, 0.717) is 15.9 Å². The molecule has 1 saturated heterocycles. The van der Waals surface area contributed by atoms with Gasteiger partial charge >= 0.3 is 0 Å². The zero-order valence-electron chi connectivity index (χ0n) is 7.96. The van der Waals surface area contributed by atoms with Crippen molar-refractivity contribution < 1.29 is 0 Å². The van der Waals surface area contributed by atoms with Crippen LogP contribution in [-0.4, -0.2) is 12.4 Å². The highest BCUT2D eigenvalue weighted by Gasteiger charge is 2.22. The molecule has 0 saturated carbocycles. The summed E-state index contributed by atoms with van der Waals surface area (Å²) in [7, 11) is 0. The largest absolute Gasteiger partial charge is 0.328 e. The number of halogens is 3. The van der Waals surface area contributed by atoms with E-state index in [4.69, 9.17) is 28.6 Å². The minimum absolute atomic E-state index is 0. The number of benzene rings is 1. The first-order chi connectivity index (χ1) is 6.70. The maximum Gasteiger partial charge on any atom is 0.100 e. The predicted octanol–water partition coefficient (Wildman–Crippen LogP) is 3.99. The van der Waals surface area contributed by atoms with Crippen LogP contribution >= 0.6 is 35.6 Å². The summed E-state index contributed by atoms with van der Waals surface area (Å²) in [5.41, 5.74) is 0.776. The monoisotopic (exact) mass is 264 g/mol. The molecule has 0 atom stereocenters. The van der Waals surface area contributed by atoms with E-state index in [2.05, 4.69) is 0 Å². The van der Waals surface area contributed by atoms with Gasteiger partial charge in [0, 0.05) is 13.0 Å². The summed E-state index contributed by atoms with van der Waals surface area (Å²) < 4.78 is 0. The van der Waals surface area contributed by atoms with Gasteiger partial charge in [0.25, 0.3) is 0 Å². The van der Waals surface area contributed by atoms with Crippen molar-refractivity contribution in [1.82, 2.24) is 0 Å². The van der Waals surface area contributed by atoms with E-state index in [0.717, 1.165) is 25.1 Å². The van der Waals surface area contributed by atoms with E-state index < -0.39 is 0 Å². The summed E-state index contributed by atoms with van der Waals surface area (Å²) in [6.45, 7) is 0.836. The Labute approximate surface area is 105 Å². The third-order valence-corrected chi connectivity index (χ3v) is 2.94. The molecule has 2 rings (SSSR count). The van der Waals surface area contributed by atoms with Crippen LogP contribution in [0.25, 0.3) is 0 Å². The van der Waals surface area contributed by atoms with Gasteiger partial charge in [-0.15, -0.1) is 12.4 Å². The Balaban J connectivity index is 0.00000112. The van der Waals surface area contributed by atoms with E-state index in [1.54, 1.807) is 12.1 Å². The van der Waals surface area contributed by atoms with E-state index in [1.807, 2.05) is 11.0 Å².